The fourth-order valence-corrected chi connectivity index (χ4v) is 1.61. The highest BCUT2D eigenvalue weighted by molar-refractivity contribution is 5.55. The first kappa shape index (κ1) is 12.7. The highest BCUT2D eigenvalue weighted by Crippen LogP contribution is 2.20. The molecule has 0 saturated carbocycles. The minimum absolute atomic E-state index is 0.175. The maximum Gasteiger partial charge on any atom is 0.240 e. The maximum atomic E-state index is 13.8. The van der Waals surface area contributed by atoms with E-state index in [1.165, 1.54) is 6.07 Å². The molecule has 2 N–H and O–H groups in total. The Kier molecular flexibility index (Phi) is 3.69. The van der Waals surface area contributed by atoms with Gasteiger partial charge in [-0.1, -0.05) is 17.3 Å². The average molecular weight is 250 g/mol. The number of rotatable bonds is 4. The Labute approximate surface area is 104 Å². The molecule has 18 heavy (non-hydrogen) atoms. The first-order valence-electron chi connectivity index (χ1n) is 5.56. The average Bonchev–Trinajstić information content (AvgIpc) is 2.80. The van der Waals surface area contributed by atoms with E-state index >= 15 is 0 Å². The van der Waals surface area contributed by atoms with Crippen molar-refractivity contribution in [2.24, 2.45) is 5.73 Å². The fraction of sp³-hybridized carbons (Fsp3) is 0.333. The predicted molar refractivity (Wildman–Crippen MR) is 65.0 cm³/mol. The van der Waals surface area contributed by atoms with Crippen molar-refractivity contribution in [3.8, 4) is 11.4 Å². The van der Waals surface area contributed by atoms with Gasteiger partial charge in [0.2, 0.25) is 11.7 Å². The minimum atomic E-state index is -0.278. The van der Waals surface area contributed by atoms with Gasteiger partial charge in [-0.15, -0.1) is 0 Å². The van der Waals surface area contributed by atoms with Crippen molar-refractivity contribution in [3.05, 3.63) is 35.5 Å². The van der Waals surface area contributed by atoms with Crippen LogP contribution >= 0.6 is 0 Å². The number of hydrogen-bond donors (Lipinski definition) is 1. The van der Waals surface area contributed by atoms with Crippen molar-refractivity contribution in [2.45, 2.75) is 13.1 Å². The molecule has 0 bridgehead atoms. The molecule has 0 aliphatic heterocycles. The van der Waals surface area contributed by atoms with Gasteiger partial charge in [-0.3, -0.25) is 0 Å². The van der Waals surface area contributed by atoms with E-state index in [9.17, 15) is 4.39 Å². The van der Waals surface area contributed by atoms with Crippen LogP contribution < -0.4 is 5.73 Å². The number of benzene rings is 1. The topological polar surface area (TPSA) is 68.2 Å². The Morgan fingerprint density at radius 2 is 2.17 bits per heavy atom. The van der Waals surface area contributed by atoms with Crippen LogP contribution in [0.4, 0.5) is 4.39 Å². The lowest BCUT2D eigenvalue weighted by atomic mass is 10.1. The lowest BCUT2D eigenvalue weighted by Gasteiger charge is -2.10. The van der Waals surface area contributed by atoms with Crippen LogP contribution in [0.2, 0.25) is 0 Å². The Morgan fingerprint density at radius 1 is 1.39 bits per heavy atom. The number of hydrogen-bond acceptors (Lipinski definition) is 5. The molecular weight excluding hydrogens is 235 g/mol. The van der Waals surface area contributed by atoms with Crippen LogP contribution in [0.1, 0.15) is 11.5 Å². The molecule has 0 fully saturated rings. The molecule has 0 aliphatic rings. The molecular formula is C12H15FN4O. The van der Waals surface area contributed by atoms with Crippen LogP contribution in [-0.2, 0) is 13.1 Å². The van der Waals surface area contributed by atoms with Gasteiger partial charge in [0.1, 0.15) is 5.82 Å². The van der Waals surface area contributed by atoms with Gasteiger partial charge in [0.25, 0.3) is 0 Å². The molecule has 1 aromatic heterocycles. The molecule has 96 valence electrons. The summed E-state index contributed by atoms with van der Waals surface area (Å²) in [4.78, 5) is 5.95. The van der Waals surface area contributed by atoms with Crippen molar-refractivity contribution in [2.75, 3.05) is 14.1 Å². The molecule has 1 aromatic carbocycles. The summed E-state index contributed by atoms with van der Waals surface area (Å²) in [5.74, 6) is 0.411. The lowest BCUT2D eigenvalue weighted by molar-refractivity contribution is 0.380. The zero-order chi connectivity index (χ0) is 13.1. The summed E-state index contributed by atoms with van der Waals surface area (Å²) in [6, 6.07) is 4.90. The molecule has 2 aromatic rings. The van der Waals surface area contributed by atoms with Crippen LogP contribution in [0.25, 0.3) is 11.4 Å². The van der Waals surface area contributed by atoms with E-state index < -0.39 is 0 Å². The minimum Gasteiger partial charge on any atom is -0.338 e. The second-order valence-corrected chi connectivity index (χ2v) is 4.26. The highest BCUT2D eigenvalue weighted by Gasteiger charge is 2.10. The summed E-state index contributed by atoms with van der Waals surface area (Å²) in [5.41, 5.74) is 6.59. The standard InChI is InChI=1S/C12H15FN4O/c1-17(2)7-9-4-3-8(5-10(9)13)12-15-11(6-14)18-16-12/h3-5H,6-7,14H2,1-2H3. The van der Waals surface area contributed by atoms with Crippen LogP contribution in [-0.4, -0.2) is 29.1 Å². The van der Waals surface area contributed by atoms with E-state index in [-0.39, 0.29) is 12.4 Å². The van der Waals surface area contributed by atoms with Gasteiger partial charge in [-0.05, 0) is 20.2 Å². The van der Waals surface area contributed by atoms with Crippen LogP contribution in [0.3, 0.4) is 0 Å². The van der Waals surface area contributed by atoms with Gasteiger partial charge in [0.05, 0.1) is 6.54 Å². The molecule has 0 aliphatic carbocycles. The third-order valence-electron chi connectivity index (χ3n) is 2.44. The maximum absolute atomic E-state index is 13.8. The van der Waals surface area contributed by atoms with E-state index in [0.717, 1.165) is 0 Å². The van der Waals surface area contributed by atoms with E-state index in [0.29, 0.717) is 29.4 Å². The quantitative estimate of drug-likeness (QED) is 0.888. The van der Waals surface area contributed by atoms with Crippen molar-refractivity contribution in [1.29, 1.82) is 0 Å². The van der Waals surface area contributed by atoms with Gasteiger partial charge >= 0.3 is 0 Å². The number of nitrogens with two attached hydrogens (primary N) is 1. The molecule has 1 heterocycles. The zero-order valence-corrected chi connectivity index (χ0v) is 10.4. The molecule has 6 heteroatoms. The van der Waals surface area contributed by atoms with Gasteiger partial charge < -0.3 is 15.2 Å². The van der Waals surface area contributed by atoms with Crippen LogP contribution in [0, 0.1) is 5.82 Å². The summed E-state index contributed by atoms with van der Waals surface area (Å²) in [7, 11) is 3.78. The first-order valence-corrected chi connectivity index (χ1v) is 5.56. The molecule has 0 atom stereocenters. The normalized spacial score (nSPS) is 11.2. The molecule has 0 saturated heterocycles. The highest BCUT2D eigenvalue weighted by atomic mass is 19.1. The monoisotopic (exact) mass is 250 g/mol. The van der Waals surface area contributed by atoms with Crippen molar-refractivity contribution in [3.63, 3.8) is 0 Å². The van der Waals surface area contributed by atoms with Crippen molar-refractivity contribution < 1.29 is 8.91 Å². The van der Waals surface area contributed by atoms with Crippen molar-refractivity contribution >= 4 is 0 Å². The van der Waals surface area contributed by atoms with Gasteiger partial charge in [0.15, 0.2) is 0 Å². The summed E-state index contributed by atoms with van der Waals surface area (Å²) in [5, 5.41) is 3.75. The second kappa shape index (κ2) is 5.24. The summed E-state index contributed by atoms with van der Waals surface area (Å²) in [6.45, 7) is 0.723. The Morgan fingerprint density at radius 3 is 2.72 bits per heavy atom. The van der Waals surface area contributed by atoms with E-state index in [4.69, 9.17) is 10.3 Å². The van der Waals surface area contributed by atoms with E-state index in [1.807, 2.05) is 19.0 Å². The Bertz CT molecular complexity index is 539. The predicted octanol–water partition coefficient (Wildman–Crippen LogP) is 1.40. The smallest absolute Gasteiger partial charge is 0.240 e. The summed E-state index contributed by atoms with van der Waals surface area (Å²) in [6.07, 6.45) is 0. The number of nitrogens with zero attached hydrogens (tertiary/aromatic N) is 3. The molecule has 5 nitrogen and oxygen atoms in total. The molecule has 2 rings (SSSR count). The van der Waals surface area contributed by atoms with E-state index in [2.05, 4.69) is 10.1 Å². The molecule has 0 spiro atoms. The zero-order valence-electron chi connectivity index (χ0n) is 10.4. The van der Waals surface area contributed by atoms with Crippen LogP contribution in [0.15, 0.2) is 22.7 Å². The summed E-state index contributed by atoms with van der Waals surface area (Å²) >= 11 is 0. The van der Waals surface area contributed by atoms with Crippen LogP contribution in [0.5, 0.6) is 0 Å². The van der Waals surface area contributed by atoms with Crippen molar-refractivity contribution in [1.82, 2.24) is 15.0 Å². The molecule has 0 amide bonds. The lowest BCUT2D eigenvalue weighted by Crippen LogP contribution is -2.11. The van der Waals surface area contributed by atoms with Gasteiger partial charge in [-0.2, -0.15) is 4.98 Å². The molecule has 0 unspecified atom stereocenters. The van der Waals surface area contributed by atoms with E-state index in [1.54, 1.807) is 12.1 Å². The largest absolute Gasteiger partial charge is 0.338 e. The number of aromatic nitrogens is 2. The molecule has 0 radical (unpaired) electrons. The fourth-order valence-electron chi connectivity index (χ4n) is 1.61. The van der Waals surface area contributed by atoms with Gasteiger partial charge in [-0.25, -0.2) is 4.39 Å². The third kappa shape index (κ3) is 2.72. The Balaban J connectivity index is 2.28. The summed E-state index contributed by atoms with van der Waals surface area (Å²) < 4.78 is 18.7. The van der Waals surface area contributed by atoms with Gasteiger partial charge in [0, 0.05) is 17.7 Å². The Hall–Kier alpha value is -1.79. The third-order valence-corrected chi connectivity index (χ3v) is 2.44. The number of halogens is 1. The SMILES string of the molecule is CN(C)Cc1ccc(-c2noc(CN)n2)cc1F. The first-order chi connectivity index (χ1) is 8.60. The second-order valence-electron chi connectivity index (χ2n) is 4.26.